The quantitative estimate of drug-likeness (QED) is 0.923. The fourth-order valence-electron chi connectivity index (χ4n) is 2.80. The van der Waals surface area contributed by atoms with Crippen molar-refractivity contribution in [1.82, 2.24) is 14.9 Å². The highest BCUT2D eigenvalue weighted by Crippen LogP contribution is 2.23. The Morgan fingerprint density at radius 2 is 2.39 bits per heavy atom. The molecule has 4 heteroatoms. The van der Waals surface area contributed by atoms with E-state index in [2.05, 4.69) is 16.8 Å². The number of nitrogens with one attached hydrogen (secondary N) is 1. The molecular weight excluding hydrogens is 246 g/mol. The van der Waals surface area contributed by atoms with Gasteiger partial charge in [-0.3, -0.25) is 0 Å². The number of hydrogen-bond donors (Lipinski definition) is 1. The van der Waals surface area contributed by atoms with Gasteiger partial charge < -0.3 is 9.88 Å². The van der Waals surface area contributed by atoms with Gasteiger partial charge in [-0.1, -0.05) is 11.6 Å². The van der Waals surface area contributed by atoms with Crippen LogP contribution in [0.2, 0.25) is 5.02 Å². The van der Waals surface area contributed by atoms with Crippen molar-refractivity contribution in [2.45, 2.75) is 26.3 Å². The summed E-state index contributed by atoms with van der Waals surface area (Å²) in [5.74, 6) is 1.92. The first kappa shape index (κ1) is 12.0. The number of aromatic nitrogens is 2. The monoisotopic (exact) mass is 263 g/mol. The molecule has 1 atom stereocenters. The van der Waals surface area contributed by atoms with Gasteiger partial charge in [-0.05, 0) is 50.6 Å². The Balaban J connectivity index is 1.99. The van der Waals surface area contributed by atoms with Crippen LogP contribution in [0.25, 0.3) is 11.0 Å². The normalized spacial score (nSPS) is 19.8. The summed E-state index contributed by atoms with van der Waals surface area (Å²) in [5.41, 5.74) is 2.22. The molecule has 3 rings (SSSR count). The molecule has 0 spiro atoms. The van der Waals surface area contributed by atoms with Crippen molar-refractivity contribution in [2.75, 3.05) is 13.1 Å². The minimum absolute atomic E-state index is 0.725. The van der Waals surface area contributed by atoms with Crippen molar-refractivity contribution in [3.8, 4) is 0 Å². The van der Waals surface area contributed by atoms with Crippen LogP contribution in [0.15, 0.2) is 18.2 Å². The number of aryl methyl sites for hydroxylation is 1. The van der Waals surface area contributed by atoms with E-state index in [1.807, 2.05) is 18.2 Å². The number of nitrogens with zero attached hydrogens (tertiary/aromatic N) is 2. The fraction of sp³-hybridized carbons (Fsp3) is 0.500. The van der Waals surface area contributed by atoms with E-state index < -0.39 is 0 Å². The summed E-state index contributed by atoms with van der Waals surface area (Å²) in [5, 5.41) is 4.20. The van der Waals surface area contributed by atoms with Crippen molar-refractivity contribution in [2.24, 2.45) is 5.92 Å². The molecule has 2 aromatic rings. The van der Waals surface area contributed by atoms with E-state index in [-0.39, 0.29) is 0 Å². The van der Waals surface area contributed by atoms with Gasteiger partial charge in [0.05, 0.1) is 11.0 Å². The average Bonchev–Trinajstić information content (AvgIpc) is 2.96. The summed E-state index contributed by atoms with van der Waals surface area (Å²) in [6.07, 6.45) is 2.32. The minimum atomic E-state index is 0.725. The van der Waals surface area contributed by atoms with Gasteiger partial charge in [0.25, 0.3) is 0 Å². The lowest BCUT2D eigenvalue weighted by molar-refractivity contribution is 0.543. The molecule has 1 aromatic carbocycles. The van der Waals surface area contributed by atoms with Crippen LogP contribution < -0.4 is 5.32 Å². The summed E-state index contributed by atoms with van der Waals surface area (Å²) in [4.78, 5) is 4.76. The first-order valence-electron chi connectivity index (χ1n) is 6.63. The number of benzene rings is 1. The van der Waals surface area contributed by atoms with Gasteiger partial charge >= 0.3 is 0 Å². The third-order valence-corrected chi connectivity index (χ3v) is 3.97. The van der Waals surface area contributed by atoms with Crippen LogP contribution >= 0.6 is 11.6 Å². The summed E-state index contributed by atoms with van der Waals surface area (Å²) < 4.78 is 2.29. The zero-order valence-corrected chi connectivity index (χ0v) is 11.4. The predicted molar refractivity (Wildman–Crippen MR) is 75.1 cm³/mol. The number of halogens is 1. The van der Waals surface area contributed by atoms with Crippen molar-refractivity contribution in [3.63, 3.8) is 0 Å². The van der Waals surface area contributed by atoms with Gasteiger partial charge in [0.2, 0.25) is 0 Å². The highest BCUT2D eigenvalue weighted by Gasteiger charge is 2.18. The van der Waals surface area contributed by atoms with Crippen molar-refractivity contribution >= 4 is 22.6 Å². The molecule has 1 N–H and O–H groups in total. The van der Waals surface area contributed by atoms with E-state index in [4.69, 9.17) is 16.6 Å². The minimum Gasteiger partial charge on any atom is -0.328 e. The van der Waals surface area contributed by atoms with Crippen LogP contribution in [0.5, 0.6) is 0 Å². The Kier molecular flexibility index (Phi) is 3.27. The smallest absolute Gasteiger partial charge is 0.110 e. The van der Waals surface area contributed by atoms with E-state index in [9.17, 15) is 0 Å². The van der Waals surface area contributed by atoms with Gasteiger partial charge in [-0.15, -0.1) is 0 Å². The first-order chi connectivity index (χ1) is 8.78. The molecule has 0 radical (unpaired) electrons. The topological polar surface area (TPSA) is 29.9 Å². The maximum absolute atomic E-state index is 6.08. The number of imidazole rings is 1. The highest BCUT2D eigenvalue weighted by atomic mass is 35.5. The third kappa shape index (κ3) is 2.13. The van der Waals surface area contributed by atoms with Gasteiger partial charge in [0.1, 0.15) is 5.82 Å². The lowest BCUT2D eigenvalue weighted by Crippen LogP contribution is -2.13. The van der Waals surface area contributed by atoms with Crippen molar-refractivity contribution in [3.05, 3.63) is 29.0 Å². The summed E-state index contributed by atoms with van der Waals surface area (Å²) >= 11 is 6.08. The lowest BCUT2D eigenvalue weighted by Gasteiger charge is -2.10. The molecule has 1 aliphatic rings. The van der Waals surface area contributed by atoms with Gasteiger partial charge in [-0.25, -0.2) is 4.98 Å². The Labute approximate surface area is 112 Å². The second kappa shape index (κ2) is 4.90. The second-order valence-corrected chi connectivity index (χ2v) is 5.40. The van der Waals surface area contributed by atoms with Crippen LogP contribution in [-0.2, 0) is 13.0 Å². The molecule has 1 aliphatic heterocycles. The molecule has 3 nitrogen and oxygen atoms in total. The molecule has 0 amide bonds. The van der Waals surface area contributed by atoms with E-state index in [0.29, 0.717) is 0 Å². The van der Waals surface area contributed by atoms with Gasteiger partial charge in [-0.2, -0.15) is 0 Å². The zero-order valence-electron chi connectivity index (χ0n) is 10.6. The van der Waals surface area contributed by atoms with Crippen LogP contribution in [0, 0.1) is 5.92 Å². The predicted octanol–water partition coefficient (Wildman–Crippen LogP) is 2.86. The summed E-state index contributed by atoms with van der Waals surface area (Å²) in [6, 6.07) is 5.95. The van der Waals surface area contributed by atoms with E-state index in [0.717, 1.165) is 48.0 Å². The third-order valence-electron chi connectivity index (χ3n) is 3.74. The summed E-state index contributed by atoms with van der Waals surface area (Å²) in [7, 11) is 0. The van der Waals surface area contributed by atoms with Gasteiger partial charge in [0, 0.05) is 18.0 Å². The maximum atomic E-state index is 6.08. The average molecular weight is 264 g/mol. The SMILES string of the molecule is CCn1c(CC2CCNC2)nc2ccc(Cl)cc21. The molecular formula is C14H18ClN3. The maximum Gasteiger partial charge on any atom is 0.110 e. The Morgan fingerprint density at radius 3 is 3.11 bits per heavy atom. The number of hydrogen-bond acceptors (Lipinski definition) is 2. The molecule has 1 fully saturated rings. The van der Waals surface area contributed by atoms with Crippen molar-refractivity contribution < 1.29 is 0 Å². The van der Waals surface area contributed by atoms with E-state index >= 15 is 0 Å². The van der Waals surface area contributed by atoms with Crippen LogP contribution in [0.3, 0.4) is 0 Å². The van der Waals surface area contributed by atoms with Crippen LogP contribution in [0.1, 0.15) is 19.2 Å². The molecule has 1 unspecified atom stereocenters. The van der Waals surface area contributed by atoms with E-state index in [1.54, 1.807) is 0 Å². The Hall–Kier alpha value is -1.06. The van der Waals surface area contributed by atoms with Gasteiger partial charge in [0.15, 0.2) is 0 Å². The molecule has 2 heterocycles. The molecule has 0 saturated carbocycles. The largest absolute Gasteiger partial charge is 0.328 e. The van der Waals surface area contributed by atoms with E-state index in [1.165, 1.54) is 12.2 Å². The Morgan fingerprint density at radius 1 is 1.50 bits per heavy atom. The second-order valence-electron chi connectivity index (χ2n) is 4.97. The van der Waals surface area contributed by atoms with Crippen molar-refractivity contribution in [1.29, 1.82) is 0 Å². The van der Waals surface area contributed by atoms with Crippen LogP contribution in [-0.4, -0.2) is 22.6 Å². The zero-order chi connectivity index (χ0) is 12.5. The number of rotatable bonds is 3. The first-order valence-corrected chi connectivity index (χ1v) is 7.01. The number of fused-ring (bicyclic) bond motifs is 1. The summed E-state index contributed by atoms with van der Waals surface area (Å²) in [6.45, 7) is 5.38. The fourth-order valence-corrected chi connectivity index (χ4v) is 2.97. The molecule has 96 valence electrons. The highest BCUT2D eigenvalue weighted by molar-refractivity contribution is 6.31. The lowest BCUT2D eigenvalue weighted by atomic mass is 10.0. The molecule has 0 bridgehead atoms. The molecule has 1 aromatic heterocycles. The Bertz CT molecular complexity index is 555. The molecule has 0 aliphatic carbocycles. The van der Waals surface area contributed by atoms with Crippen LogP contribution in [0.4, 0.5) is 0 Å². The standard InChI is InChI=1S/C14H18ClN3/c1-2-18-13-8-11(15)3-4-12(13)17-14(18)7-10-5-6-16-9-10/h3-4,8,10,16H,2,5-7,9H2,1H3. The molecule has 18 heavy (non-hydrogen) atoms. The molecule has 1 saturated heterocycles.